The van der Waals surface area contributed by atoms with Crippen LogP contribution in [0.5, 0.6) is 5.88 Å². The van der Waals surface area contributed by atoms with Crippen LogP contribution in [0.15, 0.2) is 42.7 Å². The molecule has 6 heteroatoms. The molecule has 4 rings (SSSR count). The second kappa shape index (κ2) is 7.50. The van der Waals surface area contributed by atoms with Crippen LogP contribution in [0.4, 0.5) is 4.39 Å². The lowest BCUT2D eigenvalue weighted by molar-refractivity contribution is 0.281. The Labute approximate surface area is 156 Å². The third kappa shape index (κ3) is 3.63. The molecule has 0 saturated carbocycles. The maximum Gasteiger partial charge on any atom is 0.214 e. The molecule has 0 radical (unpaired) electrons. The van der Waals surface area contributed by atoms with E-state index in [0.717, 1.165) is 42.5 Å². The Morgan fingerprint density at radius 1 is 1.15 bits per heavy atom. The van der Waals surface area contributed by atoms with Crippen molar-refractivity contribution in [2.75, 3.05) is 0 Å². The molecule has 0 N–H and O–H groups in total. The van der Waals surface area contributed by atoms with Crippen LogP contribution < -0.4 is 4.74 Å². The van der Waals surface area contributed by atoms with Crippen molar-refractivity contribution < 1.29 is 9.13 Å². The van der Waals surface area contributed by atoms with Gasteiger partial charge in [-0.05, 0) is 61.1 Å². The van der Waals surface area contributed by atoms with E-state index < -0.39 is 5.82 Å². The van der Waals surface area contributed by atoms with Crippen LogP contribution in [0.25, 0.3) is 11.1 Å². The zero-order valence-electron chi connectivity index (χ0n) is 14.7. The molecule has 3 heterocycles. The monoisotopic (exact) mass is 360 g/mol. The smallest absolute Gasteiger partial charge is 0.214 e. The van der Waals surface area contributed by atoms with Gasteiger partial charge < -0.3 is 4.74 Å². The summed E-state index contributed by atoms with van der Waals surface area (Å²) in [6.45, 7) is 0.0174. The minimum atomic E-state index is -0.396. The lowest BCUT2D eigenvalue weighted by atomic mass is 9.90. The summed E-state index contributed by atoms with van der Waals surface area (Å²) in [5.41, 5.74) is 4.77. The van der Waals surface area contributed by atoms with Gasteiger partial charge in [-0.2, -0.15) is 5.26 Å². The van der Waals surface area contributed by atoms with Crippen LogP contribution in [0, 0.1) is 17.1 Å². The second-order valence-electron chi connectivity index (χ2n) is 6.40. The summed E-state index contributed by atoms with van der Waals surface area (Å²) < 4.78 is 19.5. The Kier molecular flexibility index (Phi) is 4.75. The van der Waals surface area contributed by atoms with Crippen molar-refractivity contribution in [1.29, 1.82) is 5.26 Å². The first-order valence-electron chi connectivity index (χ1n) is 8.86. The molecule has 0 saturated heterocycles. The van der Waals surface area contributed by atoms with Crippen LogP contribution in [0.3, 0.4) is 0 Å². The number of nitrogens with zero attached hydrogens (tertiary/aromatic N) is 4. The van der Waals surface area contributed by atoms with Gasteiger partial charge in [0.15, 0.2) is 0 Å². The van der Waals surface area contributed by atoms with Crippen molar-refractivity contribution in [2.24, 2.45) is 0 Å². The number of aromatic nitrogens is 3. The summed E-state index contributed by atoms with van der Waals surface area (Å²) in [6.07, 6.45) is 7.28. The summed E-state index contributed by atoms with van der Waals surface area (Å²) >= 11 is 0. The molecule has 0 amide bonds. The van der Waals surface area contributed by atoms with Gasteiger partial charge in [0.2, 0.25) is 5.88 Å². The zero-order valence-corrected chi connectivity index (χ0v) is 14.7. The first-order valence-corrected chi connectivity index (χ1v) is 8.86. The maximum atomic E-state index is 13.8. The van der Waals surface area contributed by atoms with Gasteiger partial charge in [-0.1, -0.05) is 0 Å². The molecule has 134 valence electrons. The largest absolute Gasteiger partial charge is 0.471 e. The minimum Gasteiger partial charge on any atom is -0.471 e. The SMILES string of the molecule is N#Cc1ccc(-c2cc(OCc3ncccc3F)nc3c2CCCC3)cn1. The quantitative estimate of drug-likeness (QED) is 0.703. The summed E-state index contributed by atoms with van der Waals surface area (Å²) in [5.74, 6) is 0.0482. The number of pyridine rings is 3. The van der Waals surface area contributed by atoms with E-state index in [2.05, 4.69) is 15.0 Å². The Morgan fingerprint density at radius 3 is 2.81 bits per heavy atom. The molecule has 0 fully saturated rings. The van der Waals surface area contributed by atoms with Crippen molar-refractivity contribution in [3.05, 3.63) is 71.2 Å². The number of hydrogen-bond donors (Lipinski definition) is 0. The van der Waals surface area contributed by atoms with Crippen LogP contribution in [0.1, 0.15) is 35.5 Å². The summed E-state index contributed by atoms with van der Waals surface area (Å²) in [4.78, 5) is 12.8. The van der Waals surface area contributed by atoms with Crippen molar-refractivity contribution in [2.45, 2.75) is 32.3 Å². The van der Waals surface area contributed by atoms with Gasteiger partial charge in [0.1, 0.15) is 29.9 Å². The predicted octanol–water partition coefficient (Wildman–Crippen LogP) is 4.01. The molecule has 1 aliphatic rings. The fraction of sp³-hybridized carbons (Fsp3) is 0.238. The molecule has 1 aliphatic carbocycles. The number of fused-ring (bicyclic) bond motifs is 1. The molecule has 0 spiro atoms. The fourth-order valence-corrected chi connectivity index (χ4v) is 3.30. The van der Waals surface area contributed by atoms with Crippen molar-refractivity contribution in [3.8, 4) is 23.1 Å². The third-order valence-electron chi connectivity index (χ3n) is 4.66. The number of aryl methyl sites for hydroxylation is 1. The predicted molar refractivity (Wildman–Crippen MR) is 97.4 cm³/mol. The third-order valence-corrected chi connectivity index (χ3v) is 4.66. The van der Waals surface area contributed by atoms with Gasteiger partial charge in [0.05, 0.1) is 0 Å². The second-order valence-corrected chi connectivity index (χ2v) is 6.40. The fourth-order valence-electron chi connectivity index (χ4n) is 3.30. The van der Waals surface area contributed by atoms with Crippen molar-refractivity contribution in [3.63, 3.8) is 0 Å². The molecule has 3 aromatic heterocycles. The average molecular weight is 360 g/mol. The van der Waals surface area contributed by atoms with Crippen LogP contribution in [-0.4, -0.2) is 15.0 Å². The first-order chi connectivity index (χ1) is 13.2. The van der Waals surface area contributed by atoms with E-state index in [-0.39, 0.29) is 12.3 Å². The number of halogens is 1. The molecular weight excluding hydrogens is 343 g/mol. The maximum absolute atomic E-state index is 13.8. The van der Waals surface area contributed by atoms with E-state index in [1.807, 2.05) is 18.2 Å². The van der Waals surface area contributed by atoms with Gasteiger partial charge in [-0.25, -0.2) is 14.4 Å². The van der Waals surface area contributed by atoms with Gasteiger partial charge in [0.25, 0.3) is 0 Å². The Hall–Kier alpha value is -3.33. The highest BCUT2D eigenvalue weighted by atomic mass is 19.1. The van der Waals surface area contributed by atoms with E-state index in [4.69, 9.17) is 10.00 Å². The van der Waals surface area contributed by atoms with E-state index in [1.54, 1.807) is 18.3 Å². The summed E-state index contributed by atoms with van der Waals surface area (Å²) in [7, 11) is 0. The molecule has 3 aromatic rings. The lowest BCUT2D eigenvalue weighted by Crippen LogP contribution is -2.10. The summed E-state index contributed by atoms with van der Waals surface area (Å²) in [6, 6.07) is 10.4. The molecule has 5 nitrogen and oxygen atoms in total. The van der Waals surface area contributed by atoms with E-state index >= 15 is 0 Å². The van der Waals surface area contributed by atoms with Crippen molar-refractivity contribution >= 4 is 0 Å². The first kappa shape index (κ1) is 17.1. The van der Waals surface area contributed by atoms with Crippen LogP contribution in [0.2, 0.25) is 0 Å². The molecule has 0 aromatic carbocycles. The van der Waals surface area contributed by atoms with Gasteiger partial charge in [0, 0.05) is 29.7 Å². The van der Waals surface area contributed by atoms with E-state index in [0.29, 0.717) is 11.6 Å². The molecule has 0 bridgehead atoms. The molecule has 27 heavy (non-hydrogen) atoms. The number of nitriles is 1. The standard InChI is InChI=1S/C21H17FN4O/c22-18-5-3-9-24-20(18)13-27-21-10-17(14-7-8-15(11-23)25-12-14)16-4-1-2-6-19(16)26-21/h3,5,7-10,12H,1-2,4,6,13H2. The van der Waals surface area contributed by atoms with Gasteiger partial charge >= 0.3 is 0 Å². The average Bonchev–Trinajstić information content (AvgIpc) is 2.72. The number of rotatable bonds is 4. The van der Waals surface area contributed by atoms with Gasteiger partial charge in [-0.15, -0.1) is 0 Å². The Morgan fingerprint density at radius 2 is 2.04 bits per heavy atom. The topological polar surface area (TPSA) is 71.7 Å². The van der Waals surface area contributed by atoms with Crippen molar-refractivity contribution in [1.82, 2.24) is 15.0 Å². The highest BCUT2D eigenvalue weighted by Crippen LogP contribution is 2.33. The molecule has 0 aliphatic heterocycles. The Bertz CT molecular complexity index is 1010. The lowest BCUT2D eigenvalue weighted by Gasteiger charge is -2.20. The molecule has 0 atom stereocenters. The van der Waals surface area contributed by atoms with Gasteiger partial charge in [-0.3, -0.25) is 4.98 Å². The summed E-state index contributed by atoms with van der Waals surface area (Å²) in [5, 5.41) is 8.96. The number of hydrogen-bond acceptors (Lipinski definition) is 5. The minimum absolute atomic E-state index is 0.0174. The normalized spacial score (nSPS) is 12.9. The highest BCUT2D eigenvalue weighted by molar-refractivity contribution is 5.69. The zero-order chi connectivity index (χ0) is 18.6. The highest BCUT2D eigenvalue weighted by Gasteiger charge is 2.18. The molecule has 0 unspecified atom stereocenters. The number of ether oxygens (including phenoxy) is 1. The van der Waals surface area contributed by atoms with Crippen LogP contribution in [-0.2, 0) is 19.4 Å². The van der Waals surface area contributed by atoms with Crippen LogP contribution >= 0.6 is 0 Å². The Balaban J connectivity index is 1.68. The molecular formula is C21H17FN4O. The van der Waals surface area contributed by atoms with E-state index in [9.17, 15) is 4.39 Å². The van der Waals surface area contributed by atoms with E-state index in [1.165, 1.54) is 17.8 Å².